The smallest absolute Gasteiger partial charge is 0.410 e. The molecule has 3 atom stereocenters. The average Bonchev–Trinajstić information content (AvgIpc) is 3.39. The fraction of sp³-hybridized carbons (Fsp3) is 0.515. The normalized spacial score (nSPS) is 19.0. The minimum atomic E-state index is -1.06. The second-order valence-corrected chi connectivity index (χ2v) is 13.1. The lowest BCUT2D eigenvalue weighted by Gasteiger charge is -2.51. The molecule has 1 aromatic carbocycles. The van der Waals surface area contributed by atoms with Crippen molar-refractivity contribution < 1.29 is 43.1 Å². The first kappa shape index (κ1) is 36.6. The van der Waals surface area contributed by atoms with Crippen LogP contribution in [0, 0.1) is 0 Å². The molecule has 1 unspecified atom stereocenters. The van der Waals surface area contributed by atoms with Crippen LogP contribution in [-0.2, 0) is 44.7 Å². The number of piperidine rings is 2. The molecule has 264 valence electrons. The number of benzene rings is 1. The summed E-state index contributed by atoms with van der Waals surface area (Å²) in [6.07, 6.45) is 3.19. The van der Waals surface area contributed by atoms with Gasteiger partial charge < -0.3 is 35.8 Å². The number of hydrogen-bond donors (Lipinski definition) is 4. The highest BCUT2D eigenvalue weighted by molar-refractivity contribution is 6.13. The molecule has 2 bridgehead atoms. The highest BCUT2D eigenvalue weighted by Gasteiger charge is 2.44. The van der Waals surface area contributed by atoms with E-state index in [2.05, 4.69) is 21.3 Å². The lowest BCUT2D eigenvalue weighted by Crippen LogP contribution is -2.66. The Hall–Kier alpha value is -5.28. The number of carbonyl (C=O) groups excluding carboxylic acids is 8. The lowest BCUT2D eigenvalue weighted by atomic mass is 9.91. The monoisotopic (exact) mass is 681 g/mol. The van der Waals surface area contributed by atoms with Gasteiger partial charge in [0, 0.05) is 50.7 Å². The van der Waals surface area contributed by atoms with E-state index in [-0.39, 0.29) is 43.9 Å². The van der Waals surface area contributed by atoms with Crippen LogP contribution in [0.5, 0.6) is 0 Å². The van der Waals surface area contributed by atoms with Crippen molar-refractivity contribution in [2.24, 2.45) is 0 Å². The number of rotatable bonds is 13. The maximum absolute atomic E-state index is 13.3. The van der Waals surface area contributed by atoms with Crippen LogP contribution >= 0.6 is 0 Å². The van der Waals surface area contributed by atoms with Gasteiger partial charge in [-0.3, -0.25) is 38.5 Å². The summed E-state index contributed by atoms with van der Waals surface area (Å²) in [6, 6.07) is 7.50. The Labute approximate surface area is 283 Å². The van der Waals surface area contributed by atoms with Crippen LogP contribution in [0.2, 0.25) is 0 Å². The van der Waals surface area contributed by atoms with Gasteiger partial charge in [0.15, 0.2) is 0 Å². The van der Waals surface area contributed by atoms with Gasteiger partial charge in [0.25, 0.3) is 11.8 Å². The summed E-state index contributed by atoms with van der Waals surface area (Å²) in [7, 11) is 0. The molecule has 3 saturated heterocycles. The quantitative estimate of drug-likeness (QED) is 0.188. The first-order chi connectivity index (χ1) is 23.2. The fourth-order valence-electron chi connectivity index (χ4n) is 5.74. The van der Waals surface area contributed by atoms with Crippen LogP contribution in [0.25, 0.3) is 0 Å². The summed E-state index contributed by atoms with van der Waals surface area (Å²) in [5.74, 6) is -3.85. The van der Waals surface area contributed by atoms with Crippen molar-refractivity contribution in [3.63, 3.8) is 0 Å². The summed E-state index contributed by atoms with van der Waals surface area (Å²) in [5.41, 5.74) is 0.118. The summed E-state index contributed by atoms with van der Waals surface area (Å²) >= 11 is 0. The summed E-state index contributed by atoms with van der Waals surface area (Å²) < 4.78 is 5.52. The van der Waals surface area contributed by atoms with Crippen molar-refractivity contribution in [3.05, 3.63) is 48.0 Å². The maximum Gasteiger partial charge on any atom is 0.410 e. The zero-order chi connectivity index (χ0) is 35.7. The Balaban J connectivity index is 1.23. The molecular formula is C33H43N7O9. The van der Waals surface area contributed by atoms with Gasteiger partial charge >= 0.3 is 6.09 Å². The zero-order valence-electron chi connectivity index (χ0n) is 27.9. The minimum Gasteiger partial charge on any atom is -0.444 e. The predicted molar refractivity (Wildman–Crippen MR) is 173 cm³/mol. The first-order valence-electron chi connectivity index (χ1n) is 16.2. The van der Waals surface area contributed by atoms with E-state index in [4.69, 9.17) is 4.74 Å². The fourth-order valence-corrected chi connectivity index (χ4v) is 5.74. The Morgan fingerprint density at radius 3 is 2.00 bits per heavy atom. The van der Waals surface area contributed by atoms with Crippen LogP contribution in [0.15, 0.2) is 42.5 Å². The lowest BCUT2D eigenvalue weighted by molar-refractivity contribution is -0.142. The number of carbonyl (C=O) groups is 8. The largest absolute Gasteiger partial charge is 0.444 e. The number of imide groups is 1. The molecule has 8 amide bonds. The summed E-state index contributed by atoms with van der Waals surface area (Å²) in [4.78, 5) is 104. The van der Waals surface area contributed by atoms with Gasteiger partial charge in [-0.1, -0.05) is 30.3 Å². The number of hydrogen-bond acceptors (Lipinski definition) is 9. The van der Waals surface area contributed by atoms with Gasteiger partial charge in [0.2, 0.25) is 29.5 Å². The van der Waals surface area contributed by atoms with Crippen molar-refractivity contribution >= 4 is 47.4 Å². The third kappa shape index (κ3) is 10.6. The van der Waals surface area contributed by atoms with E-state index < -0.39 is 66.3 Å². The van der Waals surface area contributed by atoms with Crippen molar-refractivity contribution in [1.29, 1.82) is 0 Å². The molecule has 4 heterocycles. The highest BCUT2D eigenvalue weighted by atomic mass is 16.6. The minimum absolute atomic E-state index is 0.118. The summed E-state index contributed by atoms with van der Waals surface area (Å²) in [5, 5.41) is 9.95. The first-order valence-corrected chi connectivity index (χ1v) is 16.2. The van der Waals surface area contributed by atoms with E-state index in [0.29, 0.717) is 13.1 Å². The van der Waals surface area contributed by atoms with Gasteiger partial charge in [-0.25, -0.2) is 4.79 Å². The number of nitrogens with one attached hydrogen (secondary N) is 4. The molecule has 4 aliphatic heterocycles. The molecule has 0 aliphatic carbocycles. The Kier molecular flexibility index (Phi) is 12.1. The number of ether oxygens (including phenoxy) is 1. The number of fused-ring (bicyclic) bond motifs is 3. The molecule has 0 spiro atoms. The van der Waals surface area contributed by atoms with Crippen molar-refractivity contribution in [2.45, 2.75) is 70.2 Å². The highest BCUT2D eigenvalue weighted by Crippen LogP contribution is 2.30. The van der Waals surface area contributed by atoms with Crippen molar-refractivity contribution in [2.75, 3.05) is 39.3 Å². The van der Waals surface area contributed by atoms with E-state index in [9.17, 15) is 38.4 Å². The zero-order valence-corrected chi connectivity index (χ0v) is 27.9. The van der Waals surface area contributed by atoms with Gasteiger partial charge in [-0.2, -0.15) is 0 Å². The van der Waals surface area contributed by atoms with Gasteiger partial charge in [0.05, 0.1) is 25.7 Å². The van der Waals surface area contributed by atoms with Crippen LogP contribution < -0.4 is 21.3 Å². The van der Waals surface area contributed by atoms with Crippen LogP contribution in [0.4, 0.5) is 4.79 Å². The molecule has 4 aliphatic rings. The second kappa shape index (κ2) is 16.2. The summed E-state index contributed by atoms with van der Waals surface area (Å²) in [6.45, 7) is 4.70. The van der Waals surface area contributed by atoms with Gasteiger partial charge in [0.1, 0.15) is 11.6 Å². The van der Waals surface area contributed by atoms with Gasteiger partial charge in [-0.05, 0) is 39.2 Å². The predicted octanol–water partition coefficient (Wildman–Crippen LogP) is -1.01. The van der Waals surface area contributed by atoms with E-state index >= 15 is 0 Å². The van der Waals surface area contributed by atoms with Crippen molar-refractivity contribution in [3.8, 4) is 0 Å². The third-order valence-corrected chi connectivity index (χ3v) is 8.18. The van der Waals surface area contributed by atoms with E-state index in [1.165, 1.54) is 0 Å². The maximum atomic E-state index is 13.3. The Morgan fingerprint density at radius 1 is 0.796 bits per heavy atom. The average molecular weight is 682 g/mol. The molecule has 0 radical (unpaired) electrons. The van der Waals surface area contributed by atoms with Crippen molar-refractivity contribution in [1.82, 2.24) is 36.0 Å². The van der Waals surface area contributed by atoms with Gasteiger partial charge in [-0.15, -0.1) is 0 Å². The molecule has 3 fully saturated rings. The molecule has 0 aromatic heterocycles. The molecule has 4 N–H and O–H groups in total. The van der Waals surface area contributed by atoms with Crippen LogP contribution in [0.1, 0.15) is 45.6 Å². The molecule has 0 saturated carbocycles. The molecule has 1 aromatic rings. The standard InChI is InChI=1S/C33H43N7O9/c1-33(2,3)49-32(48)40-20-22-9-10-23(40)19-39(22)30(46)18-36-31(47)24(15-21-7-5-4-6-8-21)37-27(43)17-35-26(42)16-34-25(41)13-14-38-28(44)11-12-29(38)45/h4-8,11-12,22-24H,9-10,13-20H2,1-3H3,(H,34,41)(H,35,42)(H,36,47)(H,37,43)/t22?,23-,24+/m1/s1. The van der Waals surface area contributed by atoms with E-state index in [0.717, 1.165) is 35.5 Å². The van der Waals surface area contributed by atoms with Crippen LogP contribution in [0.3, 0.4) is 0 Å². The van der Waals surface area contributed by atoms with Crippen LogP contribution in [-0.4, -0.2) is 125 Å². The Bertz CT molecular complexity index is 1470. The number of amides is 8. The molecule has 16 nitrogen and oxygen atoms in total. The SMILES string of the molecule is CC(C)(C)OC(=O)N1CC2CC[C@@H]1CN2C(=O)CNC(=O)[C@H](Cc1ccccc1)NC(=O)CNC(=O)CNC(=O)CCN1C(=O)C=CC1=O. The molecule has 49 heavy (non-hydrogen) atoms. The van der Waals surface area contributed by atoms with E-state index in [1.54, 1.807) is 54.8 Å². The number of nitrogens with zero attached hydrogens (tertiary/aromatic N) is 3. The third-order valence-electron chi connectivity index (χ3n) is 8.18. The molecule has 5 rings (SSSR count). The molecule has 16 heteroatoms. The topological polar surface area (TPSA) is 204 Å². The van der Waals surface area contributed by atoms with E-state index in [1.807, 2.05) is 6.07 Å². The second-order valence-electron chi connectivity index (χ2n) is 13.1. The Morgan fingerprint density at radius 2 is 1.39 bits per heavy atom. The molecular weight excluding hydrogens is 638 g/mol. The number of piperazine rings is 1.